The molecule has 1 aromatic rings. The van der Waals surface area contributed by atoms with Crippen LogP contribution in [0.1, 0.15) is 17.2 Å². The van der Waals surface area contributed by atoms with Crippen molar-refractivity contribution in [1.82, 2.24) is 4.90 Å². The molecule has 0 saturated carbocycles. The van der Waals surface area contributed by atoms with E-state index in [1.807, 2.05) is 11.9 Å². The Hall–Kier alpha value is -1.18. The molecule has 0 aliphatic carbocycles. The summed E-state index contributed by atoms with van der Waals surface area (Å²) in [6.07, 6.45) is -5.13. The van der Waals surface area contributed by atoms with E-state index < -0.39 is 29.7 Å². The lowest BCUT2D eigenvalue weighted by Gasteiger charge is -2.33. The van der Waals surface area contributed by atoms with Crippen molar-refractivity contribution in [3.8, 4) is 0 Å². The second-order valence-electron chi connectivity index (χ2n) is 4.93. The van der Waals surface area contributed by atoms with Crippen LogP contribution in [0.5, 0.6) is 0 Å². The van der Waals surface area contributed by atoms with Gasteiger partial charge in [-0.05, 0) is 24.7 Å². The second kappa shape index (κ2) is 5.67. The highest BCUT2D eigenvalue weighted by molar-refractivity contribution is 5.30. The lowest BCUT2D eigenvalue weighted by atomic mass is 9.98. The molecular weight excluding hydrogens is 276 g/mol. The minimum atomic E-state index is -4.73. The van der Waals surface area contributed by atoms with Crippen LogP contribution in [0.4, 0.5) is 17.6 Å². The van der Waals surface area contributed by atoms with Crippen LogP contribution in [-0.2, 0) is 10.9 Å². The zero-order valence-corrected chi connectivity index (χ0v) is 11.0. The van der Waals surface area contributed by atoms with Gasteiger partial charge in [0, 0.05) is 13.1 Å². The fraction of sp³-hybridized carbons (Fsp3) is 0.538. The highest BCUT2D eigenvalue weighted by atomic mass is 19.4. The molecule has 0 bridgehead atoms. The molecule has 0 amide bonds. The van der Waals surface area contributed by atoms with Crippen LogP contribution in [0, 0.1) is 5.82 Å². The van der Waals surface area contributed by atoms with Gasteiger partial charge in [-0.3, -0.25) is 0 Å². The van der Waals surface area contributed by atoms with Gasteiger partial charge in [-0.1, -0.05) is 6.07 Å². The standard InChI is InChI=1S/C13H16F4N2O/c1-19-4-5-20-11(7-19)12(18)8-2-3-10(14)9(6-8)13(15,16)17/h2-3,6,11-12H,4-5,7,18H2,1H3. The summed E-state index contributed by atoms with van der Waals surface area (Å²) >= 11 is 0. The fourth-order valence-corrected chi connectivity index (χ4v) is 2.21. The Kier molecular flexibility index (Phi) is 4.31. The van der Waals surface area contributed by atoms with Gasteiger partial charge in [0.2, 0.25) is 0 Å². The third-order valence-corrected chi connectivity index (χ3v) is 3.38. The number of rotatable bonds is 2. The SMILES string of the molecule is CN1CCOC(C(N)c2ccc(F)c(C(F)(F)F)c2)C1. The minimum absolute atomic E-state index is 0.221. The Morgan fingerprint density at radius 1 is 1.40 bits per heavy atom. The third kappa shape index (κ3) is 3.28. The summed E-state index contributed by atoms with van der Waals surface area (Å²) in [5.41, 5.74) is 4.88. The molecule has 3 nitrogen and oxygen atoms in total. The molecule has 0 spiro atoms. The zero-order valence-electron chi connectivity index (χ0n) is 11.0. The number of hydrogen-bond acceptors (Lipinski definition) is 3. The smallest absolute Gasteiger partial charge is 0.374 e. The van der Waals surface area contributed by atoms with E-state index in [2.05, 4.69) is 0 Å². The molecule has 1 aromatic carbocycles. The molecule has 7 heteroatoms. The Morgan fingerprint density at radius 3 is 2.70 bits per heavy atom. The van der Waals surface area contributed by atoms with Crippen molar-refractivity contribution in [3.05, 3.63) is 35.1 Å². The number of benzene rings is 1. The fourth-order valence-electron chi connectivity index (χ4n) is 2.21. The van der Waals surface area contributed by atoms with E-state index in [1.165, 1.54) is 6.07 Å². The lowest BCUT2D eigenvalue weighted by molar-refractivity contribution is -0.140. The van der Waals surface area contributed by atoms with Crippen molar-refractivity contribution < 1.29 is 22.3 Å². The molecule has 1 fully saturated rings. The number of halogens is 4. The van der Waals surface area contributed by atoms with Gasteiger partial charge in [-0.2, -0.15) is 13.2 Å². The van der Waals surface area contributed by atoms with Gasteiger partial charge in [0.1, 0.15) is 5.82 Å². The molecule has 20 heavy (non-hydrogen) atoms. The van der Waals surface area contributed by atoms with Gasteiger partial charge in [-0.15, -0.1) is 0 Å². The third-order valence-electron chi connectivity index (χ3n) is 3.38. The van der Waals surface area contributed by atoms with Crippen molar-refractivity contribution in [2.75, 3.05) is 26.7 Å². The molecule has 1 heterocycles. The summed E-state index contributed by atoms with van der Waals surface area (Å²) in [7, 11) is 1.88. The highest BCUT2D eigenvalue weighted by Crippen LogP contribution is 2.33. The van der Waals surface area contributed by atoms with Gasteiger partial charge in [0.15, 0.2) is 0 Å². The summed E-state index contributed by atoms with van der Waals surface area (Å²) in [5, 5.41) is 0. The highest BCUT2D eigenvalue weighted by Gasteiger charge is 2.35. The number of nitrogens with zero attached hydrogens (tertiary/aromatic N) is 1. The molecule has 0 aromatic heterocycles. The van der Waals surface area contributed by atoms with E-state index in [9.17, 15) is 17.6 Å². The molecular formula is C13H16F4N2O. The average molecular weight is 292 g/mol. The Labute approximate surface area is 114 Å². The molecule has 2 atom stereocenters. The normalized spacial score (nSPS) is 22.8. The number of ether oxygens (including phenoxy) is 1. The van der Waals surface area contributed by atoms with Gasteiger partial charge >= 0.3 is 6.18 Å². The van der Waals surface area contributed by atoms with Crippen molar-refractivity contribution in [3.63, 3.8) is 0 Å². The summed E-state index contributed by atoms with van der Waals surface area (Å²) in [4.78, 5) is 1.99. The maximum absolute atomic E-state index is 13.2. The van der Waals surface area contributed by atoms with Crippen molar-refractivity contribution in [1.29, 1.82) is 0 Å². The molecule has 1 aliphatic heterocycles. The maximum Gasteiger partial charge on any atom is 0.419 e. The van der Waals surface area contributed by atoms with E-state index >= 15 is 0 Å². The van der Waals surface area contributed by atoms with Crippen LogP contribution in [0.15, 0.2) is 18.2 Å². The molecule has 2 rings (SSSR count). The number of alkyl halides is 3. The molecule has 2 unspecified atom stereocenters. The first-order valence-corrected chi connectivity index (χ1v) is 6.21. The van der Waals surface area contributed by atoms with E-state index in [0.29, 0.717) is 13.2 Å². The first-order valence-electron chi connectivity index (χ1n) is 6.21. The van der Waals surface area contributed by atoms with Gasteiger partial charge in [-0.25, -0.2) is 4.39 Å². The van der Waals surface area contributed by atoms with Crippen LogP contribution < -0.4 is 5.73 Å². The Morgan fingerprint density at radius 2 is 2.10 bits per heavy atom. The molecule has 1 aliphatic rings. The minimum Gasteiger partial charge on any atom is -0.374 e. The van der Waals surface area contributed by atoms with Crippen LogP contribution >= 0.6 is 0 Å². The van der Waals surface area contributed by atoms with E-state index in [0.717, 1.165) is 18.7 Å². The summed E-state index contributed by atoms with van der Waals surface area (Å²) in [6, 6.07) is 2.11. The lowest BCUT2D eigenvalue weighted by Crippen LogP contribution is -2.45. The average Bonchev–Trinajstić information content (AvgIpc) is 2.37. The van der Waals surface area contributed by atoms with Gasteiger partial charge in [0.25, 0.3) is 0 Å². The van der Waals surface area contributed by atoms with Crippen LogP contribution in [0.3, 0.4) is 0 Å². The summed E-state index contributed by atoms with van der Waals surface area (Å²) in [5.74, 6) is -1.30. The van der Waals surface area contributed by atoms with E-state index in [1.54, 1.807) is 0 Å². The number of nitrogens with two attached hydrogens (primary N) is 1. The first kappa shape index (κ1) is 15.2. The first-order chi connectivity index (χ1) is 9.29. The summed E-state index contributed by atoms with van der Waals surface area (Å²) < 4.78 is 56.7. The Bertz CT molecular complexity index is 478. The summed E-state index contributed by atoms with van der Waals surface area (Å²) in [6.45, 7) is 1.75. The Balaban J connectivity index is 2.24. The molecule has 112 valence electrons. The van der Waals surface area contributed by atoms with Crippen LogP contribution in [0.2, 0.25) is 0 Å². The number of hydrogen-bond donors (Lipinski definition) is 1. The van der Waals surface area contributed by atoms with Crippen molar-refractivity contribution in [2.45, 2.75) is 18.3 Å². The van der Waals surface area contributed by atoms with Gasteiger partial charge in [0.05, 0.1) is 24.3 Å². The predicted octanol–water partition coefficient (Wildman–Crippen LogP) is 2.17. The van der Waals surface area contributed by atoms with Gasteiger partial charge < -0.3 is 15.4 Å². The monoisotopic (exact) mass is 292 g/mol. The van der Waals surface area contributed by atoms with Crippen molar-refractivity contribution in [2.24, 2.45) is 5.73 Å². The largest absolute Gasteiger partial charge is 0.419 e. The number of likely N-dealkylation sites (N-methyl/N-ethyl adjacent to an activating group) is 1. The quantitative estimate of drug-likeness (QED) is 0.849. The van der Waals surface area contributed by atoms with E-state index in [-0.39, 0.29) is 5.56 Å². The van der Waals surface area contributed by atoms with Crippen LogP contribution in [0.25, 0.3) is 0 Å². The van der Waals surface area contributed by atoms with Crippen LogP contribution in [-0.4, -0.2) is 37.7 Å². The molecule has 2 N–H and O–H groups in total. The topological polar surface area (TPSA) is 38.5 Å². The predicted molar refractivity (Wildman–Crippen MR) is 65.6 cm³/mol. The second-order valence-corrected chi connectivity index (χ2v) is 4.93. The van der Waals surface area contributed by atoms with E-state index in [4.69, 9.17) is 10.5 Å². The van der Waals surface area contributed by atoms with Crippen molar-refractivity contribution >= 4 is 0 Å². The number of morpholine rings is 1. The zero-order chi connectivity index (χ0) is 14.9. The molecule has 1 saturated heterocycles. The maximum atomic E-state index is 13.2. The molecule has 0 radical (unpaired) electrons.